The summed E-state index contributed by atoms with van der Waals surface area (Å²) in [6.45, 7) is 7.12. The fourth-order valence-corrected chi connectivity index (χ4v) is 12.8. The monoisotopic (exact) mass is 958 g/mol. The van der Waals surface area contributed by atoms with Gasteiger partial charge in [0.2, 0.25) is 11.8 Å². The molecule has 6 aromatic rings. The van der Waals surface area contributed by atoms with Gasteiger partial charge in [-0.25, -0.2) is 17.6 Å². The Balaban J connectivity index is 0.659. The number of carbonyl (C=O) groups is 2. The normalized spacial score (nSPS) is 21.2. The van der Waals surface area contributed by atoms with Crippen molar-refractivity contribution in [1.82, 2.24) is 20.1 Å². The molecule has 8 heterocycles. The van der Waals surface area contributed by atoms with E-state index in [1.54, 1.807) is 24.3 Å². The predicted octanol–water partition coefficient (Wildman–Crippen LogP) is 10.3. The minimum absolute atomic E-state index is 0.0149. The zero-order valence-electron chi connectivity index (χ0n) is 39.4. The van der Waals surface area contributed by atoms with E-state index in [1.807, 2.05) is 9.80 Å². The van der Waals surface area contributed by atoms with E-state index in [0.29, 0.717) is 76.0 Å². The molecule has 0 saturated carbocycles. The minimum Gasteiger partial charge on any atom is -0.377 e. The van der Waals surface area contributed by atoms with Gasteiger partial charge in [-0.3, -0.25) is 9.59 Å². The molecule has 366 valence electrons. The second-order valence-corrected chi connectivity index (χ2v) is 20.7. The maximum atomic E-state index is 16.2. The number of aromatic nitrogens is 2. The number of benzene rings is 4. The third-order valence-electron chi connectivity index (χ3n) is 16.4. The molecule has 0 aliphatic carbocycles. The lowest BCUT2D eigenvalue weighted by Gasteiger charge is -2.35. The Labute approximate surface area is 404 Å². The summed E-state index contributed by atoms with van der Waals surface area (Å²) >= 11 is 0. The Kier molecular flexibility index (Phi) is 12.0. The smallest absolute Gasteiger partial charge is 0.273 e. The third kappa shape index (κ3) is 8.48. The highest BCUT2D eigenvalue weighted by atomic mass is 19.3. The zero-order valence-corrected chi connectivity index (χ0v) is 39.4. The van der Waals surface area contributed by atoms with Gasteiger partial charge in [-0.05, 0) is 161 Å². The van der Waals surface area contributed by atoms with E-state index in [4.69, 9.17) is 13.8 Å². The predicted molar refractivity (Wildman–Crippen MR) is 256 cm³/mol. The number of hydrogen-bond donors (Lipinski definition) is 0. The van der Waals surface area contributed by atoms with Crippen molar-refractivity contribution < 1.29 is 40.9 Å². The minimum atomic E-state index is -3.02. The van der Waals surface area contributed by atoms with Crippen molar-refractivity contribution in [3.8, 4) is 0 Å². The van der Waals surface area contributed by atoms with Gasteiger partial charge in [-0.15, -0.1) is 0 Å². The van der Waals surface area contributed by atoms with E-state index < -0.39 is 11.8 Å². The van der Waals surface area contributed by atoms with Gasteiger partial charge >= 0.3 is 0 Å². The molecule has 0 spiro atoms. The van der Waals surface area contributed by atoms with Gasteiger partial charge < -0.3 is 33.4 Å². The number of anilines is 2. The van der Waals surface area contributed by atoms with Crippen molar-refractivity contribution in [2.45, 2.75) is 107 Å². The van der Waals surface area contributed by atoms with Crippen molar-refractivity contribution in [3.05, 3.63) is 117 Å². The SMILES string of the molecule is O=C1C(C2CN3C(=O)CCc4cc(COCCCN5CCC(c6noc7cc(F)ccc67)CC5)cc2c43)Cc2cc(C(F)(F)CCCCN3CCC(c4noc5cc(F)ccc45)CC3)cc3c2N1CC3. The standard InChI is InChI=1S/C55H58F4N6O5/c56-40-5-7-42-47(29-40)69-60-50(42)34-10-18-62(19-11-34)16-2-1-15-55(58,59)39-26-37-14-22-64-52(37)38(27-39)28-45(54(64)67)46-31-65-49(66)9-4-36-24-33(25-44(46)53(36)65)32-68-23-3-17-63-20-12-35(13-21-63)51-43-8-6-41(57)30-48(43)70-61-51/h5-8,24-27,29-30,34-35,45-46H,1-4,9-23,28,31-32H2. The number of hydrogen-bond acceptors (Lipinski definition) is 9. The highest BCUT2D eigenvalue weighted by Gasteiger charge is 2.48. The summed E-state index contributed by atoms with van der Waals surface area (Å²) in [5.74, 6) is -3.86. The van der Waals surface area contributed by atoms with Crippen LogP contribution in [-0.4, -0.2) is 90.9 Å². The summed E-state index contributed by atoms with van der Waals surface area (Å²) in [4.78, 5) is 36.3. The molecular weight excluding hydrogens is 901 g/mol. The Morgan fingerprint density at radius 2 is 1.29 bits per heavy atom. The van der Waals surface area contributed by atoms with E-state index in [2.05, 4.69) is 32.2 Å². The van der Waals surface area contributed by atoms with Crippen LogP contribution in [0.1, 0.15) is 120 Å². The van der Waals surface area contributed by atoms with Gasteiger partial charge in [0.05, 0.1) is 35.3 Å². The number of halogens is 4. The summed E-state index contributed by atoms with van der Waals surface area (Å²) in [7, 11) is 0. The van der Waals surface area contributed by atoms with Crippen molar-refractivity contribution in [3.63, 3.8) is 0 Å². The van der Waals surface area contributed by atoms with Crippen molar-refractivity contribution in [1.29, 1.82) is 0 Å². The lowest BCUT2D eigenvalue weighted by atomic mass is 9.78. The lowest BCUT2D eigenvalue weighted by molar-refractivity contribution is -0.123. The number of nitrogens with zero attached hydrogens (tertiary/aromatic N) is 6. The van der Waals surface area contributed by atoms with E-state index in [-0.39, 0.29) is 53.2 Å². The first kappa shape index (κ1) is 45.5. The van der Waals surface area contributed by atoms with Gasteiger partial charge in [0, 0.05) is 85.3 Å². The first-order chi connectivity index (χ1) is 34.0. The van der Waals surface area contributed by atoms with Crippen LogP contribution in [0.4, 0.5) is 28.9 Å². The molecule has 0 N–H and O–H groups in total. The van der Waals surface area contributed by atoms with Gasteiger partial charge in [-0.1, -0.05) is 22.4 Å². The molecule has 2 saturated heterocycles. The third-order valence-corrected chi connectivity index (χ3v) is 16.4. The van der Waals surface area contributed by atoms with Crippen molar-refractivity contribution in [2.75, 3.05) is 68.8 Å². The summed E-state index contributed by atoms with van der Waals surface area (Å²) in [5.41, 5.74) is 9.23. The Morgan fingerprint density at radius 3 is 1.96 bits per heavy atom. The van der Waals surface area contributed by atoms with Gasteiger partial charge in [0.15, 0.2) is 11.2 Å². The average Bonchev–Trinajstić information content (AvgIpc) is 4.18. The second-order valence-electron chi connectivity index (χ2n) is 20.7. The second kappa shape index (κ2) is 18.5. The Hall–Kier alpha value is -5.64. The molecule has 15 heteroatoms. The number of unbranched alkanes of at least 4 members (excludes halogenated alkanes) is 1. The number of aryl methyl sites for hydroxylation is 1. The molecule has 6 aliphatic heterocycles. The average molecular weight is 959 g/mol. The van der Waals surface area contributed by atoms with Crippen LogP contribution in [-0.2, 0) is 46.1 Å². The molecule has 2 aromatic heterocycles. The molecule has 2 unspecified atom stereocenters. The van der Waals surface area contributed by atoms with Crippen molar-refractivity contribution >= 4 is 45.1 Å². The van der Waals surface area contributed by atoms with Gasteiger partial charge in [0.25, 0.3) is 5.92 Å². The van der Waals surface area contributed by atoms with Gasteiger partial charge in [0.1, 0.15) is 11.6 Å². The maximum Gasteiger partial charge on any atom is 0.273 e. The van der Waals surface area contributed by atoms with Crippen LogP contribution in [0, 0.1) is 17.6 Å². The van der Waals surface area contributed by atoms with Crippen LogP contribution < -0.4 is 9.80 Å². The maximum absolute atomic E-state index is 16.2. The number of ether oxygens (including phenoxy) is 1. The largest absolute Gasteiger partial charge is 0.377 e. The number of rotatable bonds is 15. The number of alkyl halides is 2. The summed E-state index contributed by atoms with van der Waals surface area (Å²) in [6, 6.07) is 16.7. The molecule has 2 amide bonds. The molecule has 2 fully saturated rings. The molecule has 12 rings (SSSR count). The molecule has 0 radical (unpaired) electrons. The number of fused-ring (bicyclic) bond motifs is 2. The summed E-state index contributed by atoms with van der Waals surface area (Å²) < 4.78 is 77.0. The van der Waals surface area contributed by atoms with E-state index in [1.165, 1.54) is 24.3 Å². The van der Waals surface area contributed by atoms with Crippen LogP contribution in [0.3, 0.4) is 0 Å². The van der Waals surface area contributed by atoms with Crippen LogP contribution in [0.15, 0.2) is 69.7 Å². The summed E-state index contributed by atoms with van der Waals surface area (Å²) in [6.07, 6.45) is 7.29. The topological polar surface area (TPSA) is 108 Å². The first-order valence-electron chi connectivity index (χ1n) is 25.5. The molecule has 4 aromatic carbocycles. The lowest BCUT2D eigenvalue weighted by Crippen LogP contribution is -2.44. The molecule has 11 nitrogen and oxygen atoms in total. The zero-order chi connectivity index (χ0) is 47.7. The van der Waals surface area contributed by atoms with Crippen LogP contribution >= 0.6 is 0 Å². The Bertz CT molecular complexity index is 2970. The quantitative estimate of drug-likeness (QED) is 0.0734. The van der Waals surface area contributed by atoms with E-state index in [0.717, 1.165) is 133 Å². The van der Waals surface area contributed by atoms with Gasteiger partial charge in [-0.2, -0.15) is 0 Å². The number of piperidine rings is 2. The number of carbonyl (C=O) groups excluding carboxylic acids is 2. The van der Waals surface area contributed by atoms with E-state index in [9.17, 15) is 18.4 Å². The number of likely N-dealkylation sites (tertiary alicyclic amines) is 2. The Morgan fingerprint density at radius 1 is 0.657 bits per heavy atom. The van der Waals surface area contributed by atoms with E-state index >= 15 is 8.78 Å². The molecule has 0 bridgehead atoms. The summed E-state index contributed by atoms with van der Waals surface area (Å²) in [5, 5.41) is 10.3. The first-order valence-corrected chi connectivity index (χ1v) is 25.5. The van der Waals surface area contributed by atoms with Crippen molar-refractivity contribution in [2.24, 2.45) is 5.92 Å². The molecule has 2 atom stereocenters. The number of amides is 2. The fraction of sp³-hybridized carbons (Fsp3) is 0.491. The van der Waals surface area contributed by atoms with Crippen LogP contribution in [0.2, 0.25) is 0 Å². The molecular formula is C55H58F4N6O5. The molecule has 70 heavy (non-hydrogen) atoms. The highest BCUT2D eigenvalue weighted by molar-refractivity contribution is 6.03. The molecule has 6 aliphatic rings. The van der Waals surface area contributed by atoms with Crippen LogP contribution in [0.5, 0.6) is 0 Å². The highest BCUT2D eigenvalue weighted by Crippen LogP contribution is 2.51. The van der Waals surface area contributed by atoms with Crippen LogP contribution in [0.25, 0.3) is 21.9 Å². The fourth-order valence-electron chi connectivity index (χ4n) is 12.8.